The van der Waals surface area contributed by atoms with Crippen molar-refractivity contribution in [3.05, 3.63) is 0 Å². The second-order valence-corrected chi connectivity index (χ2v) is 15.5. The molecule has 0 radical (unpaired) electrons. The summed E-state index contributed by atoms with van der Waals surface area (Å²) in [5, 5.41) is 0. The van der Waals surface area contributed by atoms with E-state index in [2.05, 4.69) is 27.7 Å². The van der Waals surface area contributed by atoms with E-state index in [-0.39, 0.29) is 37.0 Å². The van der Waals surface area contributed by atoms with Gasteiger partial charge in [0.25, 0.3) is 0 Å². The highest BCUT2D eigenvalue weighted by molar-refractivity contribution is 5.10. The van der Waals surface area contributed by atoms with Crippen LogP contribution in [-0.2, 0) is 48.0 Å². The maximum absolute atomic E-state index is 6.25. The average molecular weight is 625 g/mol. The molecule has 8 saturated heterocycles. The molecular weight excluding hydrogens is 568 g/mol. The minimum absolute atomic E-state index is 0.216. The van der Waals surface area contributed by atoms with E-state index in [4.69, 9.17) is 48.0 Å². The largest absolute Gasteiger partial charge is 0.353 e. The van der Waals surface area contributed by atoms with Gasteiger partial charge in [0.05, 0.1) is 0 Å². The summed E-state index contributed by atoms with van der Waals surface area (Å²) in [4.78, 5) is 23.7. The van der Waals surface area contributed by atoms with Gasteiger partial charge in [-0.25, -0.2) is 19.6 Å². The smallest absolute Gasteiger partial charge is 0.201 e. The van der Waals surface area contributed by atoms with Crippen molar-refractivity contribution in [1.29, 1.82) is 0 Å². The number of hydrogen-bond donors (Lipinski definition) is 0. The molecule has 8 aliphatic heterocycles. The van der Waals surface area contributed by atoms with Gasteiger partial charge in [0.15, 0.2) is 36.4 Å². The monoisotopic (exact) mass is 624 g/mol. The quantitative estimate of drug-likeness (QED) is 0.325. The van der Waals surface area contributed by atoms with Gasteiger partial charge in [-0.15, -0.1) is 0 Å². The lowest BCUT2D eigenvalue weighted by atomic mass is 9.58. The number of ether oxygens (including phenoxy) is 6. The Morgan fingerprint density at radius 1 is 0.545 bits per heavy atom. The maximum atomic E-state index is 6.25. The first-order valence-electron chi connectivity index (χ1n) is 17.6. The molecule has 10 aliphatic rings. The van der Waals surface area contributed by atoms with Crippen LogP contribution in [0.3, 0.4) is 0 Å². The van der Waals surface area contributed by atoms with Crippen LogP contribution in [0.5, 0.6) is 0 Å². The third-order valence-corrected chi connectivity index (χ3v) is 12.9. The molecule has 0 aromatic rings. The lowest BCUT2D eigenvalue weighted by molar-refractivity contribution is -0.577. The Bertz CT molecular complexity index is 966. The van der Waals surface area contributed by atoms with Crippen molar-refractivity contribution in [2.24, 2.45) is 47.3 Å². The Morgan fingerprint density at radius 2 is 0.955 bits per heavy atom. The summed E-state index contributed by atoms with van der Waals surface area (Å²) in [6, 6.07) is 0. The van der Waals surface area contributed by atoms with Gasteiger partial charge in [0.1, 0.15) is 0 Å². The maximum Gasteiger partial charge on any atom is 0.201 e. The standard InChI is InChI=1S/2C17H28O5/c2*1-5-18-14-11(3)13-7-6-10(2)12-8-9-16(4)20-15(19-14)17(12,13)22-21-16/h2*10-15H,5-9H2,1-4H3/t2*10?,11?,12?,13?,14?,15?,16-,17?/m00/s1. The van der Waals surface area contributed by atoms with Crippen LogP contribution in [0.4, 0.5) is 0 Å². The van der Waals surface area contributed by atoms with Crippen molar-refractivity contribution >= 4 is 0 Å². The summed E-state index contributed by atoms with van der Waals surface area (Å²) in [5.41, 5.74) is -0.943. The second-order valence-electron chi connectivity index (χ2n) is 15.5. The first-order valence-corrected chi connectivity index (χ1v) is 17.6. The molecule has 10 heteroatoms. The Labute approximate surface area is 263 Å². The molecule has 2 spiro atoms. The number of rotatable bonds is 4. The molecule has 0 amide bonds. The zero-order valence-electron chi connectivity index (χ0n) is 28.1. The van der Waals surface area contributed by atoms with Crippen LogP contribution in [0, 0.1) is 47.3 Å². The molecule has 4 bridgehead atoms. The fraction of sp³-hybridized carbons (Fsp3) is 1.00. The minimum atomic E-state index is -0.700. The van der Waals surface area contributed by atoms with Crippen molar-refractivity contribution in [3.8, 4) is 0 Å². The molecule has 0 N–H and O–H groups in total. The van der Waals surface area contributed by atoms with E-state index in [1.165, 1.54) is 12.8 Å². The molecule has 10 rings (SSSR count). The van der Waals surface area contributed by atoms with Gasteiger partial charge in [-0.2, -0.15) is 0 Å². The number of hydrogen-bond acceptors (Lipinski definition) is 10. The van der Waals surface area contributed by atoms with E-state index in [0.717, 1.165) is 38.5 Å². The highest BCUT2D eigenvalue weighted by Gasteiger charge is 2.71. The zero-order chi connectivity index (χ0) is 31.1. The van der Waals surface area contributed by atoms with E-state index in [1.807, 2.05) is 27.7 Å². The van der Waals surface area contributed by atoms with E-state index >= 15 is 0 Å². The molecule has 0 aromatic carbocycles. The highest BCUT2D eigenvalue weighted by atomic mass is 17.3. The summed E-state index contributed by atoms with van der Waals surface area (Å²) in [7, 11) is 0. The van der Waals surface area contributed by atoms with Gasteiger partial charge in [-0.05, 0) is 89.9 Å². The molecule has 2 saturated carbocycles. The van der Waals surface area contributed by atoms with Crippen molar-refractivity contribution in [3.63, 3.8) is 0 Å². The van der Waals surface area contributed by atoms with E-state index in [1.54, 1.807) is 0 Å². The first kappa shape index (κ1) is 32.2. The molecule has 10 fully saturated rings. The lowest BCUT2D eigenvalue weighted by Gasteiger charge is -2.60. The fourth-order valence-electron chi connectivity index (χ4n) is 10.5. The molecular formula is C34H56O10. The van der Waals surface area contributed by atoms with Gasteiger partial charge in [-0.3, -0.25) is 0 Å². The zero-order valence-corrected chi connectivity index (χ0v) is 28.1. The van der Waals surface area contributed by atoms with Crippen LogP contribution in [0.25, 0.3) is 0 Å². The van der Waals surface area contributed by atoms with Crippen LogP contribution in [0.1, 0.15) is 107 Å². The third kappa shape index (κ3) is 4.79. The predicted molar refractivity (Wildman–Crippen MR) is 157 cm³/mol. The average Bonchev–Trinajstić information content (AvgIpc) is 3.36. The molecule has 14 unspecified atom stereocenters. The summed E-state index contributed by atoms with van der Waals surface area (Å²) in [5.74, 6) is 1.91. The van der Waals surface area contributed by atoms with Gasteiger partial charge in [-0.1, -0.05) is 27.7 Å². The van der Waals surface area contributed by atoms with Crippen molar-refractivity contribution in [2.75, 3.05) is 13.2 Å². The van der Waals surface area contributed by atoms with Crippen LogP contribution in [-0.4, -0.2) is 61.2 Å². The minimum Gasteiger partial charge on any atom is -0.353 e. The molecule has 2 aliphatic carbocycles. The van der Waals surface area contributed by atoms with Crippen molar-refractivity contribution in [2.45, 2.75) is 155 Å². The summed E-state index contributed by atoms with van der Waals surface area (Å²) < 4.78 is 36.7. The molecule has 10 nitrogen and oxygen atoms in total. The molecule has 0 aromatic heterocycles. The Balaban J connectivity index is 0.000000142. The summed E-state index contributed by atoms with van der Waals surface area (Å²) >= 11 is 0. The van der Waals surface area contributed by atoms with Crippen molar-refractivity contribution < 1.29 is 48.0 Å². The molecule has 252 valence electrons. The highest BCUT2D eigenvalue weighted by Crippen LogP contribution is 2.62. The van der Waals surface area contributed by atoms with Crippen molar-refractivity contribution in [1.82, 2.24) is 0 Å². The Kier molecular flexibility index (Phi) is 8.50. The molecule has 16 atom stereocenters. The molecule has 44 heavy (non-hydrogen) atoms. The second kappa shape index (κ2) is 11.6. The Hall–Kier alpha value is -0.400. The Morgan fingerprint density at radius 3 is 1.34 bits per heavy atom. The van der Waals surface area contributed by atoms with Crippen LogP contribution < -0.4 is 0 Å². The van der Waals surface area contributed by atoms with E-state index in [0.29, 0.717) is 48.7 Å². The van der Waals surface area contributed by atoms with Gasteiger partial charge >= 0.3 is 0 Å². The number of fused-ring (bicyclic) bond motifs is 4. The lowest BCUT2D eigenvalue weighted by Crippen LogP contribution is -2.70. The summed E-state index contributed by atoms with van der Waals surface area (Å²) in [6.07, 6.45) is 7.32. The van der Waals surface area contributed by atoms with Gasteiger partial charge in [0, 0.05) is 49.7 Å². The fourth-order valence-corrected chi connectivity index (χ4v) is 10.5. The van der Waals surface area contributed by atoms with Crippen LogP contribution in [0.15, 0.2) is 0 Å². The normalized spacial score (nSPS) is 57.3. The first-order chi connectivity index (χ1) is 21.0. The van der Waals surface area contributed by atoms with E-state index < -0.39 is 22.8 Å². The van der Waals surface area contributed by atoms with Gasteiger partial charge in [0.2, 0.25) is 11.6 Å². The van der Waals surface area contributed by atoms with Gasteiger partial charge < -0.3 is 28.4 Å². The van der Waals surface area contributed by atoms with Crippen LogP contribution >= 0.6 is 0 Å². The third-order valence-electron chi connectivity index (χ3n) is 12.9. The van der Waals surface area contributed by atoms with Crippen LogP contribution in [0.2, 0.25) is 0 Å². The summed E-state index contributed by atoms with van der Waals surface area (Å²) in [6.45, 7) is 18.3. The molecule has 8 heterocycles. The predicted octanol–water partition coefficient (Wildman–Crippen LogP) is 6.46. The topological polar surface area (TPSA) is 92.3 Å². The van der Waals surface area contributed by atoms with E-state index in [9.17, 15) is 0 Å². The SMILES string of the molecule is CCOC1OC2O[C@]3(C)CCC4C(C)CCC(C1C)C24OO3.CCOC1OC2O[C@]3(C)CCC4C(C)CCC(C1C)C24OO3.